The number of H-pyrrole nitrogens is 1. The molecule has 2 heterocycles. The molecule has 0 saturated carbocycles. The first-order chi connectivity index (χ1) is 9.51. The SMILES string of the molecule is CNCc1ccc(S(=O)(=O)NCc2csc(=O)[nH]2)nc1. The first kappa shape index (κ1) is 14.9. The molecular formula is C11H14N4O3S2. The van der Waals surface area contributed by atoms with Gasteiger partial charge in [-0.05, 0) is 18.7 Å². The topological polar surface area (TPSA) is 104 Å². The van der Waals surface area contributed by atoms with E-state index >= 15 is 0 Å². The van der Waals surface area contributed by atoms with Crippen LogP contribution in [0.1, 0.15) is 11.3 Å². The first-order valence-corrected chi connectivity index (χ1v) is 8.13. The van der Waals surface area contributed by atoms with Gasteiger partial charge in [0.2, 0.25) is 0 Å². The van der Waals surface area contributed by atoms with Gasteiger partial charge in [0, 0.05) is 23.8 Å². The molecule has 0 bridgehead atoms. The van der Waals surface area contributed by atoms with Crippen LogP contribution in [0.4, 0.5) is 0 Å². The molecule has 2 aromatic heterocycles. The maximum Gasteiger partial charge on any atom is 0.304 e. The van der Waals surface area contributed by atoms with Gasteiger partial charge in [-0.1, -0.05) is 17.4 Å². The second-order valence-electron chi connectivity index (χ2n) is 4.03. The minimum Gasteiger partial charge on any atom is -0.316 e. The summed E-state index contributed by atoms with van der Waals surface area (Å²) in [6.07, 6.45) is 1.51. The van der Waals surface area contributed by atoms with Crippen molar-refractivity contribution in [3.8, 4) is 0 Å². The normalized spacial score (nSPS) is 11.7. The molecule has 2 rings (SSSR count). The van der Waals surface area contributed by atoms with Crippen LogP contribution in [0.2, 0.25) is 0 Å². The fourth-order valence-electron chi connectivity index (χ4n) is 1.53. The number of pyridine rings is 1. The lowest BCUT2D eigenvalue weighted by Gasteiger charge is -2.06. The molecule has 0 aliphatic carbocycles. The Morgan fingerprint density at radius 2 is 2.15 bits per heavy atom. The number of rotatable bonds is 6. The van der Waals surface area contributed by atoms with Crippen molar-refractivity contribution >= 4 is 21.4 Å². The van der Waals surface area contributed by atoms with Crippen LogP contribution in [-0.4, -0.2) is 25.4 Å². The third kappa shape index (κ3) is 3.73. The van der Waals surface area contributed by atoms with Gasteiger partial charge < -0.3 is 10.3 Å². The number of hydrogen-bond acceptors (Lipinski definition) is 6. The lowest BCUT2D eigenvalue weighted by atomic mass is 10.3. The van der Waals surface area contributed by atoms with Crippen LogP contribution >= 0.6 is 11.3 Å². The lowest BCUT2D eigenvalue weighted by molar-refractivity contribution is 0.576. The van der Waals surface area contributed by atoms with Gasteiger partial charge >= 0.3 is 4.87 Å². The Hall–Kier alpha value is -1.55. The lowest BCUT2D eigenvalue weighted by Crippen LogP contribution is -2.24. The number of nitrogens with zero attached hydrogens (tertiary/aromatic N) is 1. The standard InChI is InChI=1S/C11H14N4O3S2/c1-12-4-8-2-3-10(13-5-8)20(17,18)14-6-9-7-19-11(16)15-9/h2-3,5,7,12,14H,4,6H2,1H3,(H,15,16). The van der Waals surface area contributed by atoms with E-state index in [0.717, 1.165) is 16.9 Å². The van der Waals surface area contributed by atoms with E-state index in [2.05, 4.69) is 20.0 Å². The van der Waals surface area contributed by atoms with E-state index < -0.39 is 10.0 Å². The molecule has 0 aromatic carbocycles. The van der Waals surface area contributed by atoms with Crippen molar-refractivity contribution in [1.29, 1.82) is 0 Å². The number of hydrogen-bond donors (Lipinski definition) is 3. The number of nitrogens with one attached hydrogen (secondary N) is 3. The molecule has 0 amide bonds. The summed E-state index contributed by atoms with van der Waals surface area (Å²) in [5.74, 6) is 0. The quantitative estimate of drug-likeness (QED) is 0.698. The summed E-state index contributed by atoms with van der Waals surface area (Å²) in [6.45, 7) is 0.651. The smallest absolute Gasteiger partial charge is 0.304 e. The maximum absolute atomic E-state index is 12.0. The van der Waals surface area contributed by atoms with Gasteiger partial charge in [0.15, 0.2) is 5.03 Å². The van der Waals surface area contributed by atoms with Crippen molar-refractivity contribution < 1.29 is 8.42 Å². The Kier molecular flexibility index (Phi) is 4.65. The van der Waals surface area contributed by atoms with Crippen LogP contribution in [0.5, 0.6) is 0 Å². The van der Waals surface area contributed by atoms with E-state index in [4.69, 9.17) is 0 Å². The average Bonchev–Trinajstić information content (AvgIpc) is 2.84. The van der Waals surface area contributed by atoms with Crippen LogP contribution in [0.25, 0.3) is 0 Å². The van der Waals surface area contributed by atoms with Crippen LogP contribution in [-0.2, 0) is 23.1 Å². The minimum absolute atomic E-state index is 0.0288. The highest BCUT2D eigenvalue weighted by molar-refractivity contribution is 7.89. The third-order valence-electron chi connectivity index (χ3n) is 2.48. The molecule has 0 spiro atoms. The maximum atomic E-state index is 12.0. The predicted octanol–water partition coefficient (Wildman–Crippen LogP) is 0.0293. The third-order valence-corrected chi connectivity index (χ3v) is 4.51. The zero-order valence-electron chi connectivity index (χ0n) is 10.7. The molecule has 0 atom stereocenters. The number of thiazole rings is 1. The van der Waals surface area contributed by atoms with Gasteiger partial charge in [0.1, 0.15) is 0 Å². The first-order valence-electron chi connectivity index (χ1n) is 5.77. The summed E-state index contributed by atoms with van der Waals surface area (Å²) in [5.41, 5.74) is 1.42. The molecule has 108 valence electrons. The molecule has 0 saturated heterocycles. The highest BCUT2D eigenvalue weighted by atomic mass is 32.2. The van der Waals surface area contributed by atoms with Gasteiger partial charge in [0.05, 0.1) is 6.54 Å². The average molecular weight is 314 g/mol. The second-order valence-corrected chi connectivity index (χ2v) is 6.59. The molecule has 7 nitrogen and oxygen atoms in total. The van der Waals surface area contributed by atoms with Crippen LogP contribution < -0.4 is 14.9 Å². The summed E-state index contributed by atoms with van der Waals surface area (Å²) in [4.78, 5) is 17.2. The van der Waals surface area contributed by atoms with Crippen molar-refractivity contribution in [2.75, 3.05) is 7.05 Å². The highest BCUT2D eigenvalue weighted by Gasteiger charge is 2.15. The van der Waals surface area contributed by atoms with E-state index in [1.165, 1.54) is 12.3 Å². The monoisotopic (exact) mass is 314 g/mol. The molecular weight excluding hydrogens is 300 g/mol. The zero-order chi connectivity index (χ0) is 14.6. The Morgan fingerprint density at radius 3 is 2.70 bits per heavy atom. The number of sulfonamides is 1. The van der Waals surface area contributed by atoms with Gasteiger partial charge in [-0.15, -0.1) is 0 Å². The van der Waals surface area contributed by atoms with Crippen molar-refractivity contribution in [3.05, 3.63) is 44.6 Å². The zero-order valence-corrected chi connectivity index (χ0v) is 12.3. The molecule has 0 radical (unpaired) electrons. The van der Waals surface area contributed by atoms with Gasteiger partial charge in [0.25, 0.3) is 10.0 Å². The van der Waals surface area contributed by atoms with Gasteiger partial charge in [-0.25, -0.2) is 18.1 Å². The summed E-state index contributed by atoms with van der Waals surface area (Å²) in [6, 6.07) is 3.15. The summed E-state index contributed by atoms with van der Waals surface area (Å²) in [5, 5.41) is 4.48. The summed E-state index contributed by atoms with van der Waals surface area (Å²) < 4.78 is 26.4. The predicted molar refractivity (Wildman–Crippen MR) is 76.0 cm³/mol. The molecule has 0 fully saturated rings. The fraction of sp³-hybridized carbons (Fsp3) is 0.273. The molecule has 2 aromatic rings. The van der Waals surface area contributed by atoms with Crippen LogP contribution in [0.15, 0.2) is 33.5 Å². The summed E-state index contributed by atoms with van der Waals surface area (Å²) >= 11 is 0.990. The van der Waals surface area contributed by atoms with Crippen molar-refractivity contribution in [2.45, 2.75) is 18.1 Å². The van der Waals surface area contributed by atoms with Crippen molar-refractivity contribution in [2.24, 2.45) is 0 Å². The largest absolute Gasteiger partial charge is 0.316 e. The van der Waals surface area contributed by atoms with Crippen molar-refractivity contribution in [3.63, 3.8) is 0 Å². The van der Waals surface area contributed by atoms with E-state index in [1.807, 2.05) is 0 Å². The fourth-order valence-corrected chi connectivity index (χ4v) is 3.04. The Bertz CT molecular complexity index is 719. The second kappa shape index (κ2) is 6.27. The van der Waals surface area contributed by atoms with E-state index in [0.29, 0.717) is 12.2 Å². The molecule has 0 aliphatic heterocycles. The van der Waals surface area contributed by atoms with Gasteiger partial charge in [-0.3, -0.25) is 4.79 Å². The molecule has 20 heavy (non-hydrogen) atoms. The molecule has 3 N–H and O–H groups in total. The number of aromatic nitrogens is 2. The Labute approximate surface area is 120 Å². The van der Waals surface area contributed by atoms with E-state index in [9.17, 15) is 13.2 Å². The Morgan fingerprint density at radius 1 is 1.35 bits per heavy atom. The molecule has 0 unspecified atom stereocenters. The highest BCUT2D eigenvalue weighted by Crippen LogP contribution is 2.07. The van der Waals surface area contributed by atoms with E-state index in [1.54, 1.807) is 18.5 Å². The molecule has 0 aliphatic rings. The van der Waals surface area contributed by atoms with Crippen LogP contribution in [0.3, 0.4) is 0 Å². The minimum atomic E-state index is -3.68. The Balaban J connectivity index is 2.07. The van der Waals surface area contributed by atoms with Crippen molar-refractivity contribution in [1.82, 2.24) is 20.0 Å². The molecule has 9 heteroatoms. The van der Waals surface area contributed by atoms with E-state index in [-0.39, 0.29) is 16.4 Å². The number of aromatic amines is 1. The van der Waals surface area contributed by atoms with Gasteiger partial charge in [-0.2, -0.15) is 0 Å². The summed E-state index contributed by atoms with van der Waals surface area (Å²) in [7, 11) is -1.88. The van der Waals surface area contributed by atoms with Crippen LogP contribution in [0, 0.1) is 0 Å².